The Morgan fingerprint density at radius 2 is 2.50 bits per heavy atom. The molecule has 2 nitrogen and oxygen atoms in total. The molecule has 0 aromatic carbocycles. The molecule has 1 fully saturated rings. The summed E-state index contributed by atoms with van der Waals surface area (Å²) in [6, 6.07) is 0. The zero-order chi connectivity index (χ0) is 6.97. The van der Waals surface area contributed by atoms with Gasteiger partial charge in [0.15, 0.2) is 0 Å². The van der Waals surface area contributed by atoms with Crippen LogP contribution in [0.15, 0.2) is 23.8 Å². The van der Waals surface area contributed by atoms with Crippen LogP contribution in [-0.4, -0.2) is 12.5 Å². The lowest BCUT2D eigenvalue weighted by Crippen LogP contribution is -2.49. The van der Waals surface area contributed by atoms with Crippen LogP contribution >= 0.6 is 0 Å². The third-order valence-corrected chi connectivity index (χ3v) is 2.04. The molecule has 2 rings (SSSR count). The highest BCUT2D eigenvalue weighted by molar-refractivity contribution is 5.87. The van der Waals surface area contributed by atoms with Crippen molar-refractivity contribution in [3.05, 3.63) is 23.8 Å². The van der Waals surface area contributed by atoms with Crippen LogP contribution < -0.4 is 5.32 Å². The van der Waals surface area contributed by atoms with Gasteiger partial charge >= 0.3 is 0 Å². The lowest BCUT2D eigenvalue weighted by Gasteiger charge is -2.26. The summed E-state index contributed by atoms with van der Waals surface area (Å²) in [4.78, 5) is 10.8. The van der Waals surface area contributed by atoms with Crippen molar-refractivity contribution in [3.8, 4) is 0 Å². The summed E-state index contributed by atoms with van der Waals surface area (Å²) in [6.07, 6.45) is 7.11. The monoisotopic (exact) mass is 135 g/mol. The van der Waals surface area contributed by atoms with E-state index in [4.69, 9.17) is 0 Å². The van der Waals surface area contributed by atoms with E-state index in [-0.39, 0.29) is 11.8 Å². The first-order valence-electron chi connectivity index (χ1n) is 3.51. The molecule has 1 N–H and O–H groups in total. The summed E-state index contributed by atoms with van der Waals surface area (Å²) in [5, 5.41) is 2.73. The van der Waals surface area contributed by atoms with Crippen LogP contribution in [0, 0.1) is 5.92 Å². The molecule has 1 atom stereocenters. The Morgan fingerprint density at radius 1 is 1.60 bits per heavy atom. The molecular weight excluding hydrogens is 126 g/mol. The predicted octanol–water partition coefficient (Wildman–Crippen LogP) is 0.619. The largest absolute Gasteiger partial charge is 0.354 e. The van der Waals surface area contributed by atoms with Gasteiger partial charge in [-0.3, -0.25) is 4.79 Å². The first-order valence-corrected chi connectivity index (χ1v) is 3.51. The van der Waals surface area contributed by atoms with Gasteiger partial charge in [-0.1, -0.05) is 23.8 Å². The van der Waals surface area contributed by atoms with Crippen molar-refractivity contribution in [2.24, 2.45) is 5.92 Å². The highest BCUT2D eigenvalue weighted by Crippen LogP contribution is 2.23. The van der Waals surface area contributed by atoms with Crippen molar-refractivity contribution < 1.29 is 4.79 Å². The summed E-state index contributed by atoms with van der Waals surface area (Å²) >= 11 is 0. The molecule has 0 aromatic rings. The second-order valence-electron chi connectivity index (χ2n) is 2.67. The molecule has 1 amide bonds. The first kappa shape index (κ1) is 5.71. The quantitative estimate of drug-likeness (QED) is 0.525. The van der Waals surface area contributed by atoms with E-state index < -0.39 is 0 Å². The predicted molar refractivity (Wildman–Crippen MR) is 38.3 cm³/mol. The fourth-order valence-corrected chi connectivity index (χ4v) is 1.31. The van der Waals surface area contributed by atoms with Gasteiger partial charge in [-0.25, -0.2) is 0 Å². The van der Waals surface area contributed by atoms with Crippen LogP contribution in [0.25, 0.3) is 0 Å². The third kappa shape index (κ3) is 0.685. The zero-order valence-electron chi connectivity index (χ0n) is 5.63. The highest BCUT2D eigenvalue weighted by atomic mass is 16.2. The number of nitrogens with one attached hydrogen (secondary N) is 1. The molecule has 1 aliphatic heterocycles. The Balaban J connectivity index is 2.07. The normalized spacial score (nSPS) is 29.4. The van der Waals surface area contributed by atoms with Crippen LogP contribution in [0.1, 0.15) is 6.42 Å². The maximum atomic E-state index is 10.8. The number of hydrogen-bond acceptors (Lipinski definition) is 1. The smallest absolute Gasteiger partial charge is 0.229 e. The van der Waals surface area contributed by atoms with Gasteiger partial charge in [0.2, 0.25) is 5.91 Å². The number of rotatable bonds is 1. The molecule has 0 saturated carbocycles. The number of amides is 1. The number of carbonyl (C=O) groups excluding carboxylic acids is 1. The van der Waals surface area contributed by atoms with Gasteiger partial charge in [-0.05, 0) is 6.42 Å². The van der Waals surface area contributed by atoms with Crippen LogP contribution in [0.5, 0.6) is 0 Å². The molecule has 2 aliphatic rings. The van der Waals surface area contributed by atoms with Gasteiger partial charge in [-0.15, -0.1) is 0 Å². The Hall–Kier alpha value is -1.05. The van der Waals surface area contributed by atoms with E-state index in [0.29, 0.717) is 0 Å². The van der Waals surface area contributed by atoms with Crippen molar-refractivity contribution >= 4 is 5.91 Å². The van der Waals surface area contributed by atoms with Crippen LogP contribution in [0.2, 0.25) is 0 Å². The lowest BCUT2D eigenvalue weighted by atomic mass is 9.92. The van der Waals surface area contributed by atoms with E-state index in [2.05, 4.69) is 11.4 Å². The average Bonchev–Trinajstić information content (AvgIpc) is 2.37. The van der Waals surface area contributed by atoms with Crippen molar-refractivity contribution in [1.29, 1.82) is 0 Å². The molecule has 1 unspecified atom stereocenters. The lowest BCUT2D eigenvalue weighted by molar-refractivity contribution is -0.129. The minimum atomic E-state index is 0.190. The Labute approximate surface area is 59.6 Å². The van der Waals surface area contributed by atoms with E-state index in [1.165, 1.54) is 5.57 Å². The van der Waals surface area contributed by atoms with Gasteiger partial charge < -0.3 is 5.32 Å². The molecule has 0 bridgehead atoms. The van der Waals surface area contributed by atoms with Crippen LogP contribution in [0.4, 0.5) is 0 Å². The average molecular weight is 135 g/mol. The Kier molecular flexibility index (Phi) is 1.13. The Morgan fingerprint density at radius 3 is 2.90 bits per heavy atom. The van der Waals surface area contributed by atoms with Crippen molar-refractivity contribution in [2.45, 2.75) is 6.42 Å². The van der Waals surface area contributed by atoms with E-state index in [0.717, 1.165) is 13.0 Å². The minimum Gasteiger partial charge on any atom is -0.354 e. The molecule has 0 aromatic heterocycles. The molecule has 1 saturated heterocycles. The summed E-state index contributed by atoms with van der Waals surface area (Å²) in [6.45, 7) is 0.840. The number of β-lactam (4-membered cyclic amide) rings is 1. The van der Waals surface area contributed by atoms with E-state index in [9.17, 15) is 4.79 Å². The van der Waals surface area contributed by atoms with Crippen LogP contribution in [-0.2, 0) is 4.79 Å². The van der Waals surface area contributed by atoms with E-state index in [1.807, 2.05) is 12.2 Å². The SMILES string of the molecule is O=C1NCC1C1=CC=CC1. The summed E-state index contributed by atoms with van der Waals surface area (Å²) in [5.74, 6) is 0.380. The summed E-state index contributed by atoms with van der Waals surface area (Å²) in [5.41, 5.74) is 1.27. The highest BCUT2D eigenvalue weighted by Gasteiger charge is 2.30. The Bertz CT molecular complexity index is 227. The number of allylic oxidation sites excluding steroid dienone is 3. The topological polar surface area (TPSA) is 29.1 Å². The molecular formula is C8H9NO. The molecule has 0 spiro atoms. The summed E-state index contributed by atoms with van der Waals surface area (Å²) < 4.78 is 0. The molecule has 0 radical (unpaired) electrons. The molecule has 2 heteroatoms. The second-order valence-corrected chi connectivity index (χ2v) is 2.67. The van der Waals surface area contributed by atoms with Gasteiger partial charge in [0, 0.05) is 6.54 Å². The molecule has 52 valence electrons. The molecule has 1 heterocycles. The maximum absolute atomic E-state index is 10.8. The van der Waals surface area contributed by atoms with E-state index >= 15 is 0 Å². The standard InChI is InChI=1S/C8H9NO/c10-8-7(5-9-8)6-3-1-2-4-6/h1-3,7H,4-5H2,(H,9,10). The maximum Gasteiger partial charge on any atom is 0.229 e. The van der Waals surface area contributed by atoms with Crippen molar-refractivity contribution in [1.82, 2.24) is 5.32 Å². The van der Waals surface area contributed by atoms with Gasteiger partial charge in [0.1, 0.15) is 0 Å². The van der Waals surface area contributed by atoms with Gasteiger partial charge in [0.05, 0.1) is 5.92 Å². The van der Waals surface area contributed by atoms with Gasteiger partial charge in [-0.2, -0.15) is 0 Å². The number of carbonyl (C=O) groups is 1. The van der Waals surface area contributed by atoms with Crippen molar-refractivity contribution in [3.63, 3.8) is 0 Å². The zero-order valence-corrected chi connectivity index (χ0v) is 5.63. The van der Waals surface area contributed by atoms with Gasteiger partial charge in [0.25, 0.3) is 0 Å². The first-order chi connectivity index (χ1) is 4.88. The van der Waals surface area contributed by atoms with E-state index in [1.54, 1.807) is 0 Å². The fourth-order valence-electron chi connectivity index (χ4n) is 1.31. The molecule has 1 aliphatic carbocycles. The van der Waals surface area contributed by atoms with Crippen molar-refractivity contribution in [2.75, 3.05) is 6.54 Å². The second kappa shape index (κ2) is 1.97. The minimum absolute atomic E-state index is 0.190. The fraction of sp³-hybridized carbons (Fsp3) is 0.375. The molecule has 10 heavy (non-hydrogen) atoms. The summed E-state index contributed by atoms with van der Waals surface area (Å²) in [7, 11) is 0. The van der Waals surface area contributed by atoms with Crippen LogP contribution in [0.3, 0.4) is 0 Å². The third-order valence-electron chi connectivity index (χ3n) is 2.04. The number of hydrogen-bond donors (Lipinski definition) is 1.